The molecular weight excluding hydrogens is 588 g/mol. The normalized spacial score (nSPS) is 14.5. The SMILES string of the molecule is CCN1CCN(c2cccc3c(O)n([C@H](CCCN(Cc4ccncc4)Cc4ccncc4)c4ccc(OC)c(OC)c4)cc23)CC1. The Balaban J connectivity index is 1.31. The molecule has 0 aliphatic carbocycles. The van der Waals surface area contributed by atoms with Crippen molar-refractivity contribution in [1.82, 2.24) is 24.3 Å². The Morgan fingerprint density at radius 3 is 2.09 bits per heavy atom. The standard InChI is InChI=1S/C38H46N6O3/c1-4-41-21-23-43(24-22-41)35-8-5-7-32-33(35)28-44(38(32)45)34(31-10-11-36(46-2)37(25-31)47-3)9-6-20-42(26-29-12-16-39-17-13-29)27-30-14-18-40-19-15-30/h5,7-8,10-19,25,28,34,45H,4,6,9,20-24,26-27H2,1-3H3/t34-/m1/s1. The molecule has 9 heteroatoms. The van der Waals surface area contributed by atoms with Crippen LogP contribution < -0.4 is 14.4 Å². The molecule has 3 aromatic heterocycles. The van der Waals surface area contributed by atoms with E-state index in [4.69, 9.17) is 9.47 Å². The molecule has 9 nitrogen and oxygen atoms in total. The minimum Gasteiger partial charge on any atom is -0.494 e. The van der Waals surface area contributed by atoms with E-state index >= 15 is 0 Å². The van der Waals surface area contributed by atoms with Gasteiger partial charge in [0.1, 0.15) is 0 Å². The Bertz CT molecular complexity index is 1680. The molecule has 5 aromatic rings. The number of hydrogen-bond acceptors (Lipinski definition) is 8. The second-order valence-corrected chi connectivity index (χ2v) is 12.2. The van der Waals surface area contributed by atoms with Gasteiger partial charge < -0.3 is 28.9 Å². The fraction of sp³-hybridized carbons (Fsp3) is 0.368. The van der Waals surface area contributed by atoms with E-state index in [0.717, 1.165) is 81.5 Å². The summed E-state index contributed by atoms with van der Waals surface area (Å²) < 4.78 is 13.3. The van der Waals surface area contributed by atoms with Crippen LogP contribution in [0, 0.1) is 0 Å². The van der Waals surface area contributed by atoms with Crippen LogP contribution in [0.4, 0.5) is 5.69 Å². The highest BCUT2D eigenvalue weighted by Gasteiger charge is 2.24. The lowest BCUT2D eigenvalue weighted by Crippen LogP contribution is -2.46. The summed E-state index contributed by atoms with van der Waals surface area (Å²) in [7, 11) is 3.32. The predicted octanol–water partition coefficient (Wildman–Crippen LogP) is 6.37. The molecule has 0 radical (unpaired) electrons. The summed E-state index contributed by atoms with van der Waals surface area (Å²) in [6.07, 6.45) is 11.3. The number of anilines is 1. The molecule has 246 valence electrons. The summed E-state index contributed by atoms with van der Waals surface area (Å²) in [4.78, 5) is 15.8. The number of fused-ring (bicyclic) bond motifs is 1. The number of likely N-dealkylation sites (N-methyl/N-ethyl adjacent to an activating group) is 1. The molecule has 4 heterocycles. The Kier molecular flexibility index (Phi) is 10.5. The van der Waals surface area contributed by atoms with Gasteiger partial charge in [-0.2, -0.15) is 0 Å². The number of benzene rings is 2. The van der Waals surface area contributed by atoms with Crippen molar-refractivity contribution in [1.29, 1.82) is 0 Å². The van der Waals surface area contributed by atoms with Crippen LogP contribution in [-0.4, -0.2) is 82.9 Å². The Labute approximate surface area is 278 Å². The average molecular weight is 635 g/mol. The van der Waals surface area contributed by atoms with Gasteiger partial charge in [-0.1, -0.05) is 19.1 Å². The maximum absolute atomic E-state index is 11.8. The monoisotopic (exact) mass is 634 g/mol. The quantitative estimate of drug-likeness (QED) is 0.151. The van der Waals surface area contributed by atoms with Crippen molar-refractivity contribution in [3.8, 4) is 17.4 Å². The first-order valence-corrected chi connectivity index (χ1v) is 16.6. The van der Waals surface area contributed by atoms with Gasteiger partial charge >= 0.3 is 0 Å². The Morgan fingerprint density at radius 2 is 1.47 bits per heavy atom. The number of piperazine rings is 1. The van der Waals surface area contributed by atoms with Gasteiger partial charge in [-0.05, 0) is 91.2 Å². The van der Waals surface area contributed by atoms with Crippen molar-refractivity contribution in [3.05, 3.63) is 108 Å². The van der Waals surface area contributed by atoms with Crippen molar-refractivity contribution in [3.63, 3.8) is 0 Å². The van der Waals surface area contributed by atoms with Gasteiger partial charge in [-0.3, -0.25) is 14.9 Å². The topological polar surface area (TPSA) is 79.1 Å². The molecule has 0 bridgehead atoms. The molecule has 47 heavy (non-hydrogen) atoms. The van der Waals surface area contributed by atoms with Gasteiger partial charge in [0.2, 0.25) is 0 Å². The Morgan fingerprint density at radius 1 is 0.809 bits per heavy atom. The number of nitrogens with zero attached hydrogens (tertiary/aromatic N) is 6. The minimum atomic E-state index is -0.115. The first-order chi connectivity index (χ1) is 23.1. The van der Waals surface area contributed by atoms with Crippen LogP contribution in [0.2, 0.25) is 0 Å². The number of ether oxygens (including phenoxy) is 2. The lowest BCUT2D eigenvalue weighted by Gasteiger charge is -2.35. The fourth-order valence-corrected chi connectivity index (χ4v) is 6.78. The molecule has 2 aromatic carbocycles. The van der Waals surface area contributed by atoms with Gasteiger partial charge in [0.25, 0.3) is 0 Å². The third-order valence-corrected chi connectivity index (χ3v) is 9.39. The summed E-state index contributed by atoms with van der Waals surface area (Å²) >= 11 is 0. The van der Waals surface area contributed by atoms with E-state index in [9.17, 15) is 5.11 Å². The minimum absolute atomic E-state index is 0.115. The van der Waals surface area contributed by atoms with Gasteiger partial charge in [0, 0.05) is 86.7 Å². The maximum Gasteiger partial charge on any atom is 0.199 e. The van der Waals surface area contributed by atoms with Crippen LogP contribution >= 0.6 is 0 Å². The van der Waals surface area contributed by atoms with E-state index in [1.807, 2.05) is 43.0 Å². The fourth-order valence-electron chi connectivity index (χ4n) is 6.78. The molecule has 0 unspecified atom stereocenters. The van der Waals surface area contributed by atoms with Crippen molar-refractivity contribution in [2.75, 3.05) is 58.4 Å². The zero-order valence-corrected chi connectivity index (χ0v) is 27.8. The molecule has 0 saturated carbocycles. The van der Waals surface area contributed by atoms with Crippen molar-refractivity contribution >= 4 is 16.5 Å². The molecule has 1 saturated heterocycles. The lowest BCUT2D eigenvalue weighted by atomic mass is 10.0. The summed E-state index contributed by atoms with van der Waals surface area (Å²) in [5, 5.41) is 13.8. The zero-order valence-electron chi connectivity index (χ0n) is 27.8. The summed E-state index contributed by atoms with van der Waals surface area (Å²) in [6.45, 7) is 9.85. The maximum atomic E-state index is 11.8. The van der Waals surface area contributed by atoms with Crippen LogP contribution in [-0.2, 0) is 13.1 Å². The van der Waals surface area contributed by atoms with Crippen molar-refractivity contribution < 1.29 is 14.6 Å². The third-order valence-electron chi connectivity index (χ3n) is 9.39. The number of methoxy groups -OCH3 is 2. The van der Waals surface area contributed by atoms with Crippen LogP contribution in [0.1, 0.15) is 42.5 Å². The smallest absolute Gasteiger partial charge is 0.199 e. The largest absolute Gasteiger partial charge is 0.494 e. The first-order valence-electron chi connectivity index (χ1n) is 16.6. The van der Waals surface area contributed by atoms with E-state index in [1.165, 1.54) is 16.8 Å². The van der Waals surface area contributed by atoms with Crippen LogP contribution in [0.3, 0.4) is 0 Å². The number of aromatic hydroxyl groups is 1. The van der Waals surface area contributed by atoms with E-state index in [0.29, 0.717) is 17.4 Å². The van der Waals surface area contributed by atoms with E-state index < -0.39 is 0 Å². The van der Waals surface area contributed by atoms with Crippen molar-refractivity contribution in [2.24, 2.45) is 0 Å². The molecule has 1 aliphatic heterocycles. The number of aromatic nitrogens is 3. The lowest BCUT2D eigenvalue weighted by molar-refractivity contribution is 0.245. The van der Waals surface area contributed by atoms with Crippen molar-refractivity contribution in [2.45, 2.75) is 38.9 Å². The molecule has 1 fully saturated rings. The third kappa shape index (κ3) is 7.53. The van der Waals surface area contributed by atoms with E-state index in [1.54, 1.807) is 14.2 Å². The summed E-state index contributed by atoms with van der Waals surface area (Å²) in [5.41, 5.74) is 4.70. The molecule has 0 amide bonds. The van der Waals surface area contributed by atoms with Gasteiger partial charge in [-0.15, -0.1) is 0 Å². The van der Waals surface area contributed by atoms with E-state index in [2.05, 4.69) is 84.8 Å². The molecule has 1 N–H and O–H groups in total. The number of pyridine rings is 2. The van der Waals surface area contributed by atoms with Gasteiger partial charge in [-0.25, -0.2) is 0 Å². The number of rotatable bonds is 14. The predicted molar refractivity (Wildman–Crippen MR) is 187 cm³/mol. The zero-order chi connectivity index (χ0) is 32.6. The van der Waals surface area contributed by atoms with Crippen LogP contribution in [0.15, 0.2) is 91.6 Å². The molecular formula is C38H46N6O3. The highest BCUT2D eigenvalue weighted by molar-refractivity contribution is 5.98. The van der Waals surface area contributed by atoms with Gasteiger partial charge in [0.05, 0.1) is 20.3 Å². The van der Waals surface area contributed by atoms with Gasteiger partial charge in [0.15, 0.2) is 17.4 Å². The molecule has 1 aliphatic rings. The highest BCUT2D eigenvalue weighted by Crippen LogP contribution is 2.41. The second-order valence-electron chi connectivity index (χ2n) is 12.2. The first kappa shape index (κ1) is 32.3. The molecule has 6 rings (SSSR count). The van der Waals surface area contributed by atoms with E-state index in [-0.39, 0.29) is 6.04 Å². The number of hydrogen-bond donors (Lipinski definition) is 1. The average Bonchev–Trinajstić information content (AvgIpc) is 3.46. The second kappa shape index (κ2) is 15.3. The van der Waals surface area contributed by atoms with Crippen LogP contribution in [0.5, 0.6) is 17.4 Å². The highest BCUT2D eigenvalue weighted by atomic mass is 16.5. The Hall–Kier alpha value is -4.60. The summed E-state index contributed by atoms with van der Waals surface area (Å²) in [6, 6.07) is 20.6. The summed E-state index contributed by atoms with van der Waals surface area (Å²) in [5.74, 6) is 1.66. The molecule has 0 spiro atoms. The molecule has 1 atom stereocenters. The van der Waals surface area contributed by atoms with Crippen LogP contribution in [0.25, 0.3) is 10.8 Å².